The number of carbonyl (C=O) groups excluding carboxylic acids is 1. The van der Waals surface area contributed by atoms with Gasteiger partial charge in [-0.25, -0.2) is 0 Å². The van der Waals surface area contributed by atoms with Gasteiger partial charge in [-0.3, -0.25) is 4.79 Å². The van der Waals surface area contributed by atoms with Crippen LogP contribution in [0.1, 0.15) is 48.8 Å². The number of nitrogens with one attached hydrogen (secondary N) is 1. The van der Waals surface area contributed by atoms with Gasteiger partial charge in [0.05, 0.1) is 18.6 Å². The maximum Gasteiger partial charge on any atom is 0.224 e. The summed E-state index contributed by atoms with van der Waals surface area (Å²) < 4.78 is 0. The van der Waals surface area contributed by atoms with E-state index in [-0.39, 0.29) is 18.1 Å². The van der Waals surface area contributed by atoms with Crippen LogP contribution in [0.25, 0.3) is 0 Å². The summed E-state index contributed by atoms with van der Waals surface area (Å²) >= 11 is 0. The molecule has 1 aliphatic carbocycles. The van der Waals surface area contributed by atoms with E-state index in [0.29, 0.717) is 6.42 Å². The summed E-state index contributed by atoms with van der Waals surface area (Å²) in [6.45, 7) is 4.07. The first-order valence-electron chi connectivity index (χ1n) is 7.60. The third kappa shape index (κ3) is 4.07. The van der Waals surface area contributed by atoms with Crippen LogP contribution in [0.2, 0.25) is 0 Å². The predicted octanol–water partition coefficient (Wildman–Crippen LogP) is 2.66. The fourth-order valence-corrected chi connectivity index (χ4v) is 2.88. The fourth-order valence-electron chi connectivity index (χ4n) is 2.88. The van der Waals surface area contributed by atoms with Gasteiger partial charge in [-0.1, -0.05) is 43.0 Å². The molecule has 2 N–H and O–H groups in total. The Labute approximate surface area is 121 Å². The van der Waals surface area contributed by atoms with E-state index in [1.807, 2.05) is 13.8 Å². The van der Waals surface area contributed by atoms with Crippen LogP contribution in [0.4, 0.5) is 0 Å². The number of hydrogen-bond acceptors (Lipinski definition) is 2. The average Bonchev–Trinajstić information content (AvgIpc) is 2.59. The first-order chi connectivity index (χ1) is 9.56. The van der Waals surface area contributed by atoms with Crippen molar-refractivity contribution in [1.29, 1.82) is 0 Å². The molecule has 3 heteroatoms. The SMILES string of the molecule is Cc1ccc(C)c(CC(=O)NC2CCCCCC2O)c1. The molecule has 1 aliphatic rings. The van der Waals surface area contributed by atoms with Crippen molar-refractivity contribution in [2.45, 2.75) is 64.5 Å². The van der Waals surface area contributed by atoms with Gasteiger partial charge in [0, 0.05) is 0 Å². The highest BCUT2D eigenvalue weighted by Gasteiger charge is 2.23. The second-order valence-electron chi connectivity index (χ2n) is 5.99. The fraction of sp³-hybridized carbons (Fsp3) is 0.588. The topological polar surface area (TPSA) is 49.3 Å². The maximum atomic E-state index is 12.2. The van der Waals surface area contributed by atoms with Crippen molar-refractivity contribution < 1.29 is 9.90 Å². The summed E-state index contributed by atoms with van der Waals surface area (Å²) in [5, 5.41) is 13.1. The van der Waals surface area contributed by atoms with Crippen molar-refractivity contribution in [2.24, 2.45) is 0 Å². The Morgan fingerprint density at radius 3 is 2.80 bits per heavy atom. The van der Waals surface area contributed by atoms with E-state index in [9.17, 15) is 9.90 Å². The molecule has 2 atom stereocenters. The zero-order valence-corrected chi connectivity index (χ0v) is 12.5. The molecular weight excluding hydrogens is 250 g/mol. The van der Waals surface area contributed by atoms with Crippen LogP contribution < -0.4 is 5.32 Å². The Morgan fingerprint density at radius 1 is 1.25 bits per heavy atom. The van der Waals surface area contributed by atoms with Crippen molar-refractivity contribution in [1.82, 2.24) is 5.32 Å². The number of aliphatic hydroxyl groups is 1. The van der Waals surface area contributed by atoms with Gasteiger partial charge in [-0.05, 0) is 37.8 Å². The quantitative estimate of drug-likeness (QED) is 0.833. The van der Waals surface area contributed by atoms with Crippen LogP contribution >= 0.6 is 0 Å². The van der Waals surface area contributed by atoms with E-state index in [1.165, 1.54) is 5.56 Å². The standard InChI is InChI=1S/C17H25NO2/c1-12-8-9-13(2)14(10-12)11-17(20)18-15-6-4-3-5-7-16(15)19/h8-10,15-16,19H,3-7,11H2,1-2H3,(H,18,20). The molecular formula is C17H25NO2. The zero-order valence-electron chi connectivity index (χ0n) is 12.5. The molecule has 0 aliphatic heterocycles. The molecule has 1 fully saturated rings. The van der Waals surface area contributed by atoms with Gasteiger partial charge in [0.1, 0.15) is 0 Å². The van der Waals surface area contributed by atoms with Crippen LogP contribution in [0.5, 0.6) is 0 Å². The van der Waals surface area contributed by atoms with Gasteiger partial charge in [-0.2, -0.15) is 0 Å². The second kappa shape index (κ2) is 6.89. The number of benzene rings is 1. The molecule has 110 valence electrons. The molecule has 0 radical (unpaired) electrons. The van der Waals surface area contributed by atoms with Crippen molar-refractivity contribution in [3.8, 4) is 0 Å². The van der Waals surface area contributed by atoms with Gasteiger partial charge in [0.25, 0.3) is 0 Å². The molecule has 0 aromatic heterocycles. The first kappa shape index (κ1) is 15.0. The summed E-state index contributed by atoms with van der Waals surface area (Å²) in [5.74, 6) is 0.0182. The molecule has 2 rings (SSSR count). The summed E-state index contributed by atoms with van der Waals surface area (Å²) in [6, 6.07) is 6.11. The van der Waals surface area contributed by atoms with Crippen LogP contribution in [-0.2, 0) is 11.2 Å². The van der Waals surface area contributed by atoms with Gasteiger partial charge >= 0.3 is 0 Å². The zero-order chi connectivity index (χ0) is 14.5. The Bertz CT molecular complexity index is 470. The molecule has 2 unspecified atom stereocenters. The first-order valence-corrected chi connectivity index (χ1v) is 7.60. The Morgan fingerprint density at radius 2 is 2.00 bits per heavy atom. The average molecular weight is 275 g/mol. The highest BCUT2D eigenvalue weighted by molar-refractivity contribution is 5.79. The molecule has 0 bridgehead atoms. The van der Waals surface area contributed by atoms with Crippen molar-refractivity contribution in [3.05, 3.63) is 34.9 Å². The summed E-state index contributed by atoms with van der Waals surface area (Å²) in [6.07, 6.45) is 5.00. The van der Waals surface area contributed by atoms with Crippen LogP contribution in [0, 0.1) is 13.8 Å². The number of carbonyl (C=O) groups is 1. The third-order valence-corrected chi connectivity index (χ3v) is 4.18. The smallest absolute Gasteiger partial charge is 0.224 e. The minimum Gasteiger partial charge on any atom is -0.391 e. The lowest BCUT2D eigenvalue weighted by Gasteiger charge is -2.22. The predicted molar refractivity (Wildman–Crippen MR) is 80.6 cm³/mol. The van der Waals surface area contributed by atoms with Crippen molar-refractivity contribution >= 4 is 5.91 Å². The number of amides is 1. The normalized spacial score (nSPS) is 23.1. The molecule has 0 spiro atoms. The molecule has 1 aromatic rings. The molecule has 1 aromatic carbocycles. The Hall–Kier alpha value is -1.35. The molecule has 1 amide bonds. The van der Waals surface area contributed by atoms with E-state index in [1.54, 1.807) is 0 Å². The van der Waals surface area contributed by atoms with Gasteiger partial charge in [0.2, 0.25) is 5.91 Å². The monoisotopic (exact) mass is 275 g/mol. The highest BCUT2D eigenvalue weighted by Crippen LogP contribution is 2.18. The lowest BCUT2D eigenvalue weighted by atomic mass is 10.0. The molecule has 20 heavy (non-hydrogen) atoms. The number of hydrogen-bond donors (Lipinski definition) is 2. The lowest BCUT2D eigenvalue weighted by molar-refractivity contribution is -0.122. The largest absolute Gasteiger partial charge is 0.391 e. The second-order valence-corrected chi connectivity index (χ2v) is 5.99. The Kier molecular flexibility index (Phi) is 5.18. The summed E-state index contributed by atoms with van der Waals surface area (Å²) in [5.41, 5.74) is 3.39. The summed E-state index contributed by atoms with van der Waals surface area (Å²) in [4.78, 5) is 12.2. The molecule has 0 saturated heterocycles. The minimum atomic E-state index is -0.389. The van der Waals surface area contributed by atoms with Crippen LogP contribution in [-0.4, -0.2) is 23.2 Å². The van der Waals surface area contributed by atoms with Crippen molar-refractivity contribution in [2.75, 3.05) is 0 Å². The van der Waals surface area contributed by atoms with E-state index in [4.69, 9.17) is 0 Å². The van der Waals surface area contributed by atoms with E-state index in [0.717, 1.165) is 43.2 Å². The maximum absolute atomic E-state index is 12.2. The van der Waals surface area contributed by atoms with E-state index < -0.39 is 0 Å². The van der Waals surface area contributed by atoms with Crippen LogP contribution in [0.3, 0.4) is 0 Å². The highest BCUT2D eigenvalue weighted by atomic mass is 16.3. The Balaban J connectivity index is 1.96. The molecule has 1 saturated carbocycles. The van der Waals surface area contributed by atoms with Gasteiger partial charge < -0.3 is 10.4 Å². The number of aryl methyl sites for hydroxylation is 2. The van der Waals surface area contributed by atoms with Gasteiger partial charge in [-0.15, -0.1) is 0 Å². The third-order valence-electron chi connectivity index (χ3n) is 4.18. The number of aliphatic hydroxyl groups excluding tert-OH is 1. The summed E-state index contributed by atoms with van der Waals surface area (Å²) in [7, 11) is 0. The lowest BCUT2D eigenvalue weighted by Crippen LogP contribution is -2.43. The van der Waals surface area contributed by atoms with E-state index in [2.05, 4.69) is 23.5 Å². The molecule has 0 heterocycles. The van der Waals surface area contributed by atoms with Crippen molar-refractivity contribution in [3.63, 3.8) is 0 Å². The molecule has 3 nitrogen and oxygen atoms in total. The minimum absolute atomic E-state index is 0.0182. The number of rotatable bonds is 3. The van der Waals surface area contributed by atoms with Gasteiger partial charge in [0.15, 0.2) is 0 Å². The van der Waals surface area contributed by atoms with E-state index >= 15 is 0 Å². The van der Waals surface area contributed by atoms with Crippen LogP contribution in [0.15, 0.2) is 18.2 Å².